The van der Waals surface area contributed by atoms with Crippen LogP contribution in [-0.2, 0) is 14.8 Å². The first-order chi connectivity index (χ1) is 13.0. The molecule has 1 aromatic rings. The number of hydrogen-bond acceptors (Lipinski definition) is 5. The number of nitrogens with one attached hydrogen (secondary N) is 2. The molecule has 1 aromatic carbocycles. The van der Waals surface area contributed by atoms with Crippen molar-refractivity contribution in [1.82, 2.24) is 14.9 Å². The Kier molecular flexibility index (Phi) is 7.46. The summed E-state index contributed by atoms with van der Waals surface area (Å²) in [5.41, 5.74) is -0.378. The maximum absolute atomic E-state index is 12.7. The number of carbonyl (C=O) groups excluding carboxylic acids is 2. The van der Waals surface area contributed by atoms with Gasteiger partial charge in [0.25, 0.3) is 5.91 Å². The highest BCUT2D eigenvalue weighted by Crippen LogP contribution is 2.25. The molecule has 0 aliphatic carbocycles. The molecule has 8 nitrogen and oxygen atoms in total. The Labute approximate surface area is 174 Å². The van der Waals surface area contributed by atoms with Crippen LogP contribution >= 0.6 is 15.9 Å². The number of alkyl carbamates (subject to hydrolysis) is 1. The fraction of sp³-hybridized carbons (Fsp3) is 0.556. The second-order valence-electron chi connectivity index (χ2n) is 7.44. The van der Waals surface area contributed by atoms with E-state index in [-0.39, 0.29) is 23.5 Å². The number of halogens is 1. The van der Waals surface area contributed by atoms with Crippen LogP contribution < -0.4 is 10.6 Å². The third kappa shape index (κ3) is 6.18. The summed E-state index contributed by atoms with van der Waals surface area (Å²) in [5, 5.41) is 5.20. The Balaban J connectivity index is 1.97. The molecule has 0 bridgehead atoms. The van der Waals surface area contributed by atoms with Crippen LogP contribution in [0.2, 0.25) is 0 Å². The quantitative estimate of drug-likeness (QED) is 0.614. The summed E-state index contributed by atoms with van der Waals surface area (Å²) in [6.07, 6.45) is 1.11. The molecule has 2 amide bonds. The van der Waals surface area contributed by atoms with Gasteiger partial charge in [0.05, 0.1) is 10.5 Å². The Morgan fingerprint density at radius 2 is 1.75 bits per heavy atom. The van der Waals surface area contributed by atoms with Gasteiger partial charge in [0, 0.05) is 30.7 Å². The van der Waals surface area contributed by atoms with Gasteiger partial charge in [0.15, 0.2) is 0 Å². The van der Waals surface area contributed by atoms with E-state index in [0.29, 0.717) is 17.6 Å². The average Bonchev–Trinajstić information content (AvgIpc) is 3.12. The first-order valence-corrected chi connectivity index (χ1v) is 11.3. The van der Waals surface area contributed by atoms with Gasteiger partial charge in [-0.05, 0) is 67.7 Å². The van der Waals surface area contributed by atoms with Crippen molar-refractivity contribution in [3.05, 3.63) is 28.2 Å². The van der Waals surface area contributed by atoms with Gasteiger partial charge in [-0.15, -0.1) is 0 Å². The molecule has 0 radical (unpaired) electrons. The van der Waals surface area contributed by atoms with Crippen LogP contribution in [0.4, 0.5) is 4.79 Å². The monoisotopic (exact) mass is 475 g/mol. The van der Waals surface area contributed by atoms with Crippen LogP contribution in [0.3, 0.4) is 0 Å². The molecule has 28 heavy (non-hydrogen) atoms. The predicted octanol–water partition coefficient (Wildman–Crippen LogP) is 2.49. The van der Waals surface area contributed by atoms with Crippen LogP contribution in [0.25, 0.3) is 0 Å². The molecule has 2 rings (SSSR count). The van der Waals surface area contributed by atoms with Crippen LogP contribution in [0.1, 0.15) is 44.0 Å². The number of benzene rings is 1. The van der Waals surface area contributed by atoms with Gasteiger partial charge >= 0.3 is 6.09 Å². The molecule has 0 spiro atoms. The highest BCUT2D eigenvalue weighted by Gasteiger charge is 2.28. The molecule has 0 aromatic heterocycles. The lowest BCUT2D eigenvalue weighted by atomic mass is 10.2. The summed E-state index contributed by atoms with van der Waals surface area (Å²) in [5.74, 6) is -0.434. The normalized spacial score (nSPS) is 15.3. The topological polar surface area (TPSA) is 105 Å². The summed E-state index contributed by atoms with van der Waals surface area (Å²) in [6, 6.07) is 4.41. The summed E-state index contributed by atoms with van der Waals surface area (Å²) >= 11 is 3.29. The summed E-state index contributed by atoms with van der Waals surface area (Å²) in [6.45, 7) is 6.63. The third-order valence-electron chi connectivity index (χ3n) is 3.96. The van der Waals surface area contributed by atoms with E-state index in [4.69, 9.17) is 4.74 Å². The van der Waals surface area contributed by atoms with Crippen LogP contribution in [0, 0.1) is 0 Å². The van der Waals surface area contributed by atoms with Crippen LogP contribution in [0.5, 0.6) is 0 Å². The number of sulfonamides is 1. The van der Waals surface area contributed by atoms with E-state index in [1.807, 2.05) is 0 Å². The maximum atomic E-state index is 12.7. The molecular weight excluding hydrogens is 450 g/mol. The summed E-state index contributed by atoms with van der Waals surface area (Å²) < 4.78 is 32.4. The molecular formula is C18H26BrN3O5S. The maximum Gasteiger partial charge on any atom is 0.407 e. The number of hydrogen-bond donors (Lipinski definition) is 2. The zero-order valence-corrected chi connectivity index (χ0v) is 18.7. The van der Waals surface area contributed by atoms with Crippen molar-refractivity contribution in [3.8, 4) is 0 Å². The van der Waals surface area contributed by atoms with Crippen LogP contribution in [0.15, 0.2) is 27.6 Å². The zero-order chi connectivity index (χ0) is 20.9. The van der Waals surface area contributed by atoms with Gasteiger partial charge in [-0.25, -0.2) is 13.2 Å². The van der Waals surface area contributed by atoms with Gasteiger partial charge in [-0.2, -0.15) is 4.31 Å². The number of rotatable bonds is 6. The molecule has 156 valence electrons. The largest absolute Gasteiger partial charge is 0.444 e. The first-order valence-electron chi connectivity index (χ1n) is 9.05. The van der Waals surface area contributed by atoms with E-state index in [1.165, 1.54) is 16.4 Å². The molecule has 1 heterocycles. The highest BCUT2D eigenvalue weighted by molar-refractivity contribution is 9.10. The van der Waals surface area contributed by atoms with E-state index in [2.05, 4.69) is 26.6 Å². The van der Waals surface area contributed by atoms with Crippen molar-refractivity contribution in [1.29, 1.82) is 0 Å². The molecule has 1 aliphatic rings. The van der Waals surface area contributed by atoms with Crippen molar-refractivity contribution in [2.24, 2.45) is 0 Å². The minimum Gasteiger partial charge on any atom is -0.444 e. The lowest BCUT2D eigenvalue weighted by molar-refractivity contribution is 0.0526. The second kappa shape index (κ2) is 9.23. The summed E-state index contributed by atoms with van der Waals surface area (Å²) in [7, 11) is -3.61. The number of nitrogens with zero attached hydrogens (tertiary/aromatic N) is 1. The molecule has 1 aliphatic heterocycles. The number of carbonyl (C=O) groups is 2. The number of ether oxygens (including phenoxy) is 1. The van der Waals surface area contributed by atoms with Gasteiger partial charge in [0.2, 0.25) is 10.0 Å². The summed E-state index contributed by atoms with van der Waals surface area (Å²) in [4.78, 5) is 24.1. The Morgan fingerprint density at radius 1 is 1.14 bits per heavy atom. The lowest BCUT2D eigenvalue weighted by Gasteiger charge is -2.19. The molecule has 2 N–H and O–H groups in total. The molecule has 0 unspecified atom stereocenters. The fourth-order valence-corrected chi connectivity index (χ4v) is 4.64. The Bertz CT molecular complexity index is 830. The Morgan fingerprint density at radius 3 is 2.36 bits per heavy atom. The lowest BCUT2D eigenvalue weighted by Crippen LogP contribution is -2.38. The third-order valence-corrected chi connectivity index (χ3v) is 6.55. The molecule has 0 saturated carbocycles. The van der Waals surface area contributed by atoms with E-state index in [0.717, 1.165) is 12.8 Å². The van der Waals surface area contributed by atoms with Gasteiger partial charge in [-0.3, -0.25) is 4.79 Å². The standard InChI is InChI=1S/C18H26BrN3O5S/c1-18(2,3)27-17(24)21-9-8-20-16(23)14-12-13(6-7-15(14)19)28(25,26)22-10-4-5-11-22/h6-7,12H,4-5,8-11H2,1-3H3,(H,20,23)(H,21,24). The van der Waals surface area contributed by atoms with E-state index >= 15 is 0 Å². The van der Waals surface area contributed by atoms with E-state index in [1.54, 1.807) is 26.8 Å². The second-order valence-corrected chi connectivity index (χ2v) is 10.2. The van der Waals surface area contributed by atoms with Gasteiger partial charge < -0.3 is 15.4 Å². The molecule has 1 fully saturated rings. The zero-order valence-electron chi connectivity index (χ0n) is 16.2. The Hall–Kier alpha value is -1.65. The molecule has 0 atom stereocenters. The van der Waals surface area contributed by atoms with Crippen molar-refractivity contribution in [2.45, 2.75) is 44.1 Å². The fourth-order valence-electron chi connectivity index (χ4n) is 2.67. The first kappa shape index (κ1) is 22.6. The van der Waals surface area contributed by atoms with E-state index < -0.39 is 27.6 Å². The van der Waals surface area contributed by atoms with Crippen molar-refractivity contribution in [2.75, 3.05) is 26.2 Å². The van der Waals surface area contributed by atoms with Crippen molar-refractivity contribution < 1.29 is 22.7 Å². The smallest absolute Gasteiger partial charge is 0.407 e. The number of amides is 2. The minimum absolute atomic E-state index is 0.0922. The van der Waals surface area contributed by atoms with Gasteiger partial charge in [0.1, 0.15) is 5.60 Å². The molecule has 10 heteroatoms. The molecule has 1 saturated heterocycles. The van der Waals surface area contributed by atoms with Crippen LogP contribution in [-0.4, -0.2) is 56.5 Å². The SMILES string of the molecule is CC(C)(C)OC(=O)NCCNC(=O)c1cc(S(=O)(=O)N2CCCC2)ccc1Br. The predicted molar refractivity (Wildman–Crippen MR) is 109 cm³/mol. The van der Waals surface area contributed by atoms with Crippen molar-refractivity contribution >= 4 is 38.0 Å². The average molecular weight is 476 g/mol. The highest BCUT2D eigenvalue weighted by atomic mass is 79.9. The minimum atomic E-state index is -3.61. The van der Waals surface area contributed by atoms with Gasteiger partial charge in [-0.1, -0.05) is 0 Å². The van der Waals surface area contributed by atoms with Crippen molar-refractivity contribution in [3.63, 3.8) is 0 Å². The van der Waals surface area contributed by atoms with E-state index in [9.17, 15) is 18.0 Å².